The Bertz CT molecular complexity index is 1490. The Kier molecular flexibility index (Phi) is 6.88. The van der Waals surface area contributed by atoms with E-state index in [9.17, 15) is 10.1 Å². The fourth-order valence-corrected chi connectivity index (χ4v) is 6.04. The van der Waals surface area contributed by atoms with Crippen LogP contribution in [0.3, 0.4) is 0 Å². The Balaban J connectivity index is 1.56. The van der Waals surface area contributed by atoms with Crippen molar-refractivity contribution in [1.82, 2.24) is 4.98 Å². The maximum atomic E-state index is 13.7. The largest absolute Gasteiger partial charge is 0.493 e. The van der Waals surface area contributed by atoms with Gasteiger partial charge in [-0.2, -0.15) is 5.26 Å². The molecule has 0 atom stereocenters. The lowest BCUT2D eigenvalue weighted by Gasteiger charge is -2.12. The van der Waals surface area contributed by atoms with Crippen LogP contribution in [0.25, 0.3) is 22.2 Å². The molecule has 0 saturated heterocycles. The normalized spacial score (nSPS) is 13.2. The van der Waals surface area contributed by atoms with Crippen molar-refractivity contribution in [2.45, 2.75) is 38.5 Å². The third kappa shape index (κ3) is 4.52. The molecule has 182 valence electrons. The zero-order valence-corrected chi connectivity index (χ0v) is 21.2. The van der Waals surface area contributed by atoms with Gasteiger partial charge in [-0.1, -0.05) is 31.0 Å². The van der Waals surface area contributed by atoms with Crippen LogP contribution < -0.4 is 14.8 Å². The van der Waals surface area contributed by atoms with Crippen LogP contribution >= 0.6 is 11.3 Å². The standard InChI is InChI=1S/C29H27N3O3S/c1-34-25-14-13-18(15-26(25)35-2)24-16-21(19-9-7-8-11-23(19)31-24)28(33)32-29-22(17-30)20-10-5-3-4-6-12-27(20)36-29/h7-9,11,13-16H,3-6,10,12H2,1-2H3,(H,32,33). The van der Waals surface area contributed by atoms with E-state index < -0.39 is 0 Å². The maximum absolute atomic E-state index is 13.7. The minimum absolute atomic E-state index is 0.249. The molecule has 1 amide bonds. The molecule has 4 aromatic rings. The number of aromatic nitrogens is 1. The van der Waals surface area contributed by atoms with E-state index in [-0.39, 0.29) is 5.91 Å². The summed E-state index contributed by atoms with van der Waals surface area (Å²) in [5, 5.41) is 14.4. The number of nitrogens with zero attached hydrogens (tertiary/aromatic N) is 2. The minimum atomic E-state index is -0.249. The molecule has 0 bridgehead atoms. The molecule has 0 spiro atoms. The first kappa shape index (κ1) is 23.8. The highest BCUT2D eigenvalue weighted by Gasteiger charge is 2.22. The van der Waals surface area contributed by atoms with Crippen LogP contribution in [0.1, 0.15) is 52.0 Å². The molecule has 0 saturated carbocycles. The van der Waals surface area contributed by atoms with E-state index in [0.717, 1.165) is 42.2 Å². The van der Waals surface area contributed by atoms with E-state index in [4.69, 9.17) is 14.5 Å². The monoisotopic (exact) mass is 497 g/mol. The number of ether oxygens (including phenoxy) is 2. The molecule has 2 aromatic carbocycles. The number of fused-ring (bicyclic) bond motifs is 2. The molecule has 2 aromatic heterocycles. The number of carbonyl (C=O) groups excluding carboxylic acids is 1. The van der Waals surface area contributed by atoms with Crippen molar-refractivity contribution in [2.24, 2.45) is 0 Å². The molecule has 6 nitrogen and oxygen atoms in total. The number of hydrogen-bond acceptors (Lipinski definition) is 6. The van der Waals surface area contributed by atoms with Gasteiger partial charge in [-0.15, -0.1) is 11.3 Å². The summed E-state index contributed by atoms with van der Waals surface area (Å²) in [6, 6.07) is 17.3. The van der Waals surface area contributed by atoms with E-state index in [0.29, 0.717) is 38.8 Å². The molecule has 7 heteroatoms. The highest BCUT2D eigenvalue weighted by Crippen LogP contribution is 2.38. The highest BCUT2D eigenvalue weighted by molar-refractivity contribution is 7.16. The number of para-hydroxylation sites is 1. The van der Waals surface area contributed by atoms with Gasteiger partial charge in [0.2, 0.25) is 0 Å². The second-order valence-electron chi connectivity index (χ2n) is 8.83. The Hall–Kier alpha value is -3.89. The number of carbonyl (C=O) groups is 1. The fourth-order valence-electron chi connectivity index (χ4n) is 4.80. The second-order valence-corrected chi connectivity index (χ2v) is 9.94. The van der Waals surface area contributed by atoms with Crippen LogP contribution in [-0.4, -0.2) is 25.1 Å². The van der Waals surface area contributed by atoms with Crippen molar-refractivity contribution in [3.63, 3.8) is 0 Å². The van der Waals surface area contributed by atoms with Gasteiger partial charge < -0.3 is 14.8 Å². The van der Waals surface area contributed by atoms with Gasteiger partial charge in [0.15, 0.2) is 11.5 Å². The molecular weight excluding hydrogens is 470 g/mol. The van der Waals surface area contributed by atoms with Gasteiger partial charge in [0.05, 0.1) is 36.6 Å². The number of pyridine rings is 1. The van der Waals surface area contributed by atoms with Crippen molar-refractivity contribution in [3.8, 4) is 28.8 Å². The van der Waals surface area contributed by atoms with Crippen molar-refractivity contribution in [3.05, 3.63) is 70.1 Å². The topological polar surface area (TPSA) is 84.2 Å². The third-order valence-corrected chi connectivity index (χ3v) is 7.86. The summed E-state index contributed by atoms with van der Waals surface area (Å²) >= 11 is 1.55. The molecule has 1 N–H and O–H groups in total. The SMILES string of the molecule is COc1ccc(-c2cc(C(=O)Nc3sc4c(c3C#N)CCCCCC4)c3ccccc3n2)cc1OC. The number of nitriles is 1. The van der Waals surface area contributed by atoms with Crippen molar-refractivity contribution >= 4 is 33.1 Å². The number of amides is 1. The zero-order chi connectivity index (χ0) is 25.1. The molecule has 1 aliphatic carbocycles. The first-order valence-corrected chi connectivity index (χ1v) is 12.9. The summed E-state index contributed by atoms with van der Waals surface area (Å²) in [6.45, 7) is 0. The molecule has 0 aliphatic heterocycles. The number of thiophene rings is 1. The smallest absolute Gasteiger partial charge is 0.257 e. The van der Waals surface area contributed by atoms with Gasteiger partial charge in [-0.3, -0.25) is 4.79 Å². The summed E-state index contributed by atoms with van der Waals surface area (Å²) in [5.74, 6) is 0.962. The van der Waals surface area contributed by atoms with Crippen molar-refractivity contribution in [2.75, 3.05) is 19.5 Å². The van der Waals surface area contributed by atoms with Gasteiger partial charge in [0, 0.05) is 15.8 Å². The van der Waals surface area contributed by atoms with Gasteiger partial charge in [-0.05, 0) is 61.6 Å². The average Bonchev–Trinajstić information content (AvgIpc) is 3.21. The van der Waals surface area contributed by atoms with Crippen LogP contribution in [0.2, 0.25) is 0 Å². The molecule has 5 rings (SSSR count). The van der Waals surface area contributed by atoms with Crippen LogP contribution in [0.4, 0.5) is 5.00 Å². The number of anilines is 1. The first-order chi connectivity index (χ1) is 17.6. The van der Waals surface area contributed by atoms with E-state index >= 15 is 0 Å². The molecular formula is C29H27N3O3S. The third-order valence-electron chi connectivity index (χ3n) is 6.65. The Morgan fingerprint density at radius 3 is 2.56 bits per heavy atom. The Morgan fingerprint density at radius 2 is 1.78 bits per heavy atom. The predicted octanol–water partition coefficient (Wildman–Crippen LogP) is 6.76. The summed E-state index contributed by atoms with van der Waals surface area (Å²) in [4.78, 5) is 19.7. The number of hydrogen-bond donors (Lipinski definition) is 1. The number of benzene rings is 2. The quantitative estimate of drug-likeness (QED) is 0.329. The van der Waals surface area contributed by atoms with Crippen LogP contribution in [0.15, 0.2) is 48.5 Å². The average molecular weight is 498 g/mol. The van der Waals surface area contributed by atoms with E-state index in [2.05, 4.69) is 11.4 Å². The van der Waals surface area contributed by atoms with E-state index in [1.165, 1.54) is 17.7 Å². The lowest BCUT2D eigenvalue weighted by molar-refractivity contribution is 0.102. The van der Waals surface area contributed by atoms with Gasteiger partial charge in [-0.25, -0.2) is 4.98 Å². The number of nitrogens with one attached hydrogen (secondary N) is 1. The number of methoxy groups -OCH3 is 2. The fraction of sp³-hybridized carbons (Fsp3) is 0.276. The van der Waals surface area contributed by atoms with Crippen LogP contribution in [0, 0.1) is 11.3 Å². The predicted molar refractivity (Wildman–Crippen MR) is 143 cm³/mol. The van der Waals surface area contributed by atoms with Crippen LogP contribution in [-0.2, 0) is 12.8 Å². The molecule has 0 radical (unpaired) electrons. The first-order valence-electron chi connectivity index (χ1n) is 12.1. The maximum Gasteiger partial charge on any atom is 0.257 e. The van der Waals surface area contributed by atoms with Gasteiger partial charge in [0.25, 0.3) is 5.91 Å². The minimum Gasteiger partial charge on any atom is -0.493 e. The summed E-state index contributed by atoms with van der Waals surface area (Å²) in [6.07, 6.45) is 6.45. The summed E-state index contributed by atoms with van der Waals surface area (Å²) in [5.41, 5.74) is 4.42. The molecule has 2 heterocycles. The lowest BCUT2D eigenvalue weighted by atomic mass is 9.97. The lowest BCUT2D eigenvalue weighted by Crippen LogP contribution is -2.13. The molecule has 1 aliphatic rings. The molecule has 36 heavy (non-hydrogen) atoms. The zero-order valence-electron chi connectivity index (χ0n) is 20.4. The second kappa shape index (κ2) is 10.4. The van der Waals surface area contributed by atoms with Crippen LogP contribution in [0.5, 0.6) is 11.5 Å². The Labute approximate surface area is 214 Å². The van der Waals surface area contributed by atoms with E-state index in [1.807, 2.05) is 42.5 Å². The number of aryl methyl sites for hydroxylation is 1. The van der Waals surface area contributed by atoms with Gasteiger partial charge >= 0.3 is 0 Å². The molecule has 0 fully saturated rings. The Morgan fingerprint density at radius 1 is 1.00 bits per heavy atom. The van der Waals surface area contributed by atoms with Gasteiger partial charge in [0.1, 0.15) is 11.1 Å². The van der Waals surface area contributed by atoms with Crippen molar-refractivity contribution < 1.29 is 14.3 Å². The highest BCUT2D eigenvalue weighted by atomic mass is 32.1. The van der Waals surface area contributed by atoms with E-state index in [1.54, 1.807) is 31.6 Å². The molecule has 0 unspecified atom stereocenters. The number of rotatable bonds is 5. The summed E-state index contributed by atoms with van der Waals surface area (Å²) < 4.78 is 10.8. The van der Waals surface area contributed by atoms with Crippen molar-refractivity contribution in [1.29, 1.82) is 5.26 Å². The summed E-state index contributed by atoms with van der Waals surface area (Å²) in [7, 11) is 3.18.